The number of hydrogen-bond donors (Lipinski definition) is 1. The van der Waals surface area contributed by atoms with Crippen LogP contribution in [0.4, 0.5) is 0 Å². The van der Waals surface area contributed by atoms with Crippen LogP contribution in [0.1, 0.15) is 36.5 Å². The van der Waals surface area contributed by atoms with Crippen molar-refractivity contribution in [2.45, 2.75) is 32.2 Å². The molecule has 19 heavy (non-hydrogen) atoms. The highest BCUT2D eigenvalue weighted by molar-refractivity contribution is 6.30. The van der Waals surface area contributed by atoms with Crippen molar-refractivity contribution in [3.63, 3.8) is 0 Å². The Morgan fingerprint density at radius 3 is 2.74 bits per heavy atom. The van der Waals surface area contributed by atoms with Crippen LogP contribution in [0.25, 0.3) is 0 Å². The number of rotatable bonds is 4. The van der Waals surface area contributed by atoms with Crippen LogP contribution in [0, 0.1) is 0 Å². The Hall–Kier alpha value is -1.06. The van der Waals surface area contributed by atoms with Crippen molar-refractivity contribution in [2.24, 2.45) is 0 Å². The lowest BCUT2D eigenvalue weighted by Crippen LogP contribution is -2.49. The third-order valence-corrected chi connectivity index (χ3v) is 3.78. The fourth-order valence-corrected chi connectivity index (χ4v) is 2.67. The lowest BCUT2D eigenvalue weighted by molar-refractivity contribution is 0.0649. The molecule has 1 saturated heterocycles. The number of nitrogens with one attached hydrogen (secondary N) is 1. The maximum Gasteiger partial charge on any atom is 0.254 e. The molecule has 1 heterocycles. The summed E-state index contributed by atoms with van der Waals surface area (Å²) < 4.78 is 0. The largest absolute Gasteiger partial charge is 0.334 e. The summed E-state index contributed by atoms with van der Waals surface area (Å²) in [5.41, 5.74) is 0.725. The molecule has 0 aromatic heterocycles. The molecule has 104 valence electrons. The summed E-state index contributed by atoms with van der Waals surface area (Å²) in [5, 5.41) is 4.04. The van der Waals surface area contributed by atoms with Gasteiger partial charge in [0, 0.05) is 29.7 Å². The molecule has 0 saturated carbocycles. The average Bonchev–Trinajstić information content (AvgIpc) is 2.46. The van der Waals surface area contributed by atoms with E-state index >= 15 is 0 Å². The Bertz CT molecular complexity index is 413. The molecule has 1 atom stereocenters. The summed E-state index contributed by atoms with van der Waals surface area (Å²) in [4.78, 5) is 14.6. The quantitative estimate of drug-likeness (QED) is 0.920. The second-order valence-corrected chi connectivity index (χ2v) is 5.44. The minimum Gasteiger partial charge on any atom is -0.334 e. The molecule has 0 spiro atoms. The van der Waals surface area contributed by atoms with Gasteiger partial charge in [-0.2, -0.15) is 0 Å². The normalized spacial score (nSPS) is 19.2. The Labute approximate surface area is 119 Å². The van der Waals surface area contributed by atoms with Gasteiger partial charge in [0.1, 0.15) is 0 Å². The highest BCUT2D eigenvalue weighted by atomic mass is 35.5. The minimum absolute atomic E-state index is 0.118. The van der Waals surface area contributed by atoms with Crippen molar-refractivity contribution in [3.05, 3.63) is 34.9 Å². The first-order valence-electron chi connectivity index (χ1n) is 6.99. The molecule has 3 nitrogen and oxygen atoms in total. The molecule has 1 aromatic carbocycles. The molecule has 0 aliphatic carbocycles. The van der Waals surface area contributed by atoms with Gasteiger partial charge in [0.2, 0.25) is 0 Å². The number of carbonyl (C=O) groups is 1. The predicted molar refractivity (Wildman–Crippen MR) is 78.7 cm³/mol. The van der Waals surface area contributed by atoms with Crippen LogP contribution < -0.4 is 5.32 Å². The van der Waals surface area contributed by atoms with Gasteiger partial charge in [-0.3, -0.25) is 4.79 Å². The summed E-state index contributed by atoms with van der Waals surface area (Å²) >= 11 is 5.87. The van der Waals surface area contributed by atoms with Crippen LogP contribution in [0.5, 0.6) is 0 Å². The van der Waals surface area contributed by atoms with Crippen LogP contribution in [-0.2, 0) is 0 Å². The number of hydrogen-bond acceptors (Lipinski definition) is 2. The van der Waals surface area contributed by atoms with E-state index in [4.69, 9.17) is 11.6 Å². The van der Waals surface area contributed by atoms with E-state index in [-0.39, 0.29) is 5.91 Å². The zero-order valence-electron chi connectivity index (χ0n) is 11.4. The van der Waals surface area contributed by atoms with Crippen molar-refractivity contribution in [1.29, 1.82) is 0 Å². The van der Waals surface area contributed by atoms with Gasteiger partial charge in [-0.25, -0.2) is 0 Å². The third-order valence-electron chi connectivity index (χ3n) is 3.53. The van der Waals surface area contributed by atoms with E-state index in [0.717, 1.165) is 44.5 Å². The maximum absolute atomic E-state index is 12.6. The van der Waals surface area contributed by atoms with Gasteiger partial charge >= 0.3 is 0 Å². The monoisotopic (exact) mass is 280 g/mol. The first-order valence-corrected chi connectivity index (χ1v) is 7.37. The predicted octanol–water partition coefficient (Wildman–Crippen LogP) is 2.94. The number of piperidine rings is 1. The van der Waals surface area contributed by atoms with Crippen LogP contribution in [-0.4, -0.2) is 36.5 Å². The first-order chi connectivity index (χ1) is 9.22. The molecule has 1 aliphatic rings. The number of halogens is 1. The van der Waals surface area contributed by atoms with E-state index in [1.54, 1.807) is 12.1 Å². The first kappa shape index (κ1) is 14.4. The Morgan fingerprint density at radius 2 is 2.16 bits per heavy atom. The Kier molecular flexibility index (Phi) is 5.23. The van der Waals surface area contributed by atoms with Gasteiger partial charge in [-0.15, -0.1) is 0 Å². The zero-order chi connectivity index (χ0) is 13.7. The van der Waals surface area contributed by atoms with Crippen LogP contribution in [0.3, 0.4) is 0 Å². The molecular weight excluding hydrogens is 260 g/mol. The fraction of sp³-hybridized carbons (Fsp3) is 0.533. The van der Waals surface area contributed by atoms with Crippen molar-refractivity contribution >= 4 is 17.5 Å². The van der Waals surface area contributed by atoms with E-state index in [1.807, 2.05) is 17.0 Å². The highest BCUT2D eigenvalue weighted by Crippen LogP contribution is 2.17. The molecule has 1 unspecified atom stereocenters. The van der Waals surface area contributed by atoms with Crippen LogP contribution >= 0.6 is 11.6 Å². The molecule has 1 aliphatic heterocycles. The van der Waals surface area contributed by atoms with E-state index < -0.39 is 0 Å². The summed E-state index contributed by atoms with van der Waals surface area (Å²) in [6.45, 7) is 4.89. The SMILES string of the molecule is CCCN(C(=O)c1ccc(Cl)cc1)C1CCCNC1. The fourth-order valence-electron chi connectivity index (χ4n) is 2.55. The summed E-state index contributed by atoms with van der Waals surface area (Å²) in [7, 11) is 0. The molecule has 1 N–H and O–H groups in total. The van der Waals surface area contributed by atoms with E-state index in [0.29, 0.717) is 11.1 Å². The van der Waals surface area contributed by atoms with Crippen LogP contribution in [0.15, 0.2) is 24.3 Å². The van der Waals surface area contributed by atoms with Gasteiger partial charge in [0.05, 0.1) is 0 Å². The van der Waals surface area contributed by atoms with Gasteiger partial charge in [0.15, 0.2) is 0 Å². The average molecular weight is 281 g/mol. The van der Waals surface area contributed by atoms with Crippen molar-refractivity contribution in [1.82, 2.24) is 10.2 Å². The number of carbonyl (C=O) groups excluding carboxylic acids is 1. The van der Waals surface area contributed by atoms with Gasteiger partial charge in [-0.05, 0) is 50.1 Å². The molecule has 1 aromatic rings. The standard InChI is InChI=1S/C15H21ClN2O/c1-2-10-18(14-4-3-9-17-11-14)15(19)12-5-7-13(16)8-6-12/h5-8,14,17H,2-4,9-11H2,1H3. The van der Waals surface area contributed by atoms with E-state index in [9.17, 15) is 4.79 Å². The topological polar surface area (TPSA) is 32.3 Å². The van der Waals surface area contributed by atoms with Gasteiger partial charge in [-0.1, -0.05) is 18.5 Å². The molecule has 1 amide bonds. The van der Waals surface area contributed by atoms with Crippen molar-refractivity contribution < 1.29 is 4.79 Å². The lowest BCUT2D eigenvalue weighted by atomic mass is 10.0. The molecule has 4 heteroatoms. The molecular formula is C15H21ClN2O. The highest BCUT2D eigenvalue weighted by Gasteiger charge is 2.25. The minimum atomic E-state index is 0.118. The zero-order valence-corrected chi connectivity index (χ0v) is 12.1. The second-order valence-electron chi connectivity index (χ2n) is 5.01. The van der Waals surface area contributed by atoms with Crippen molar-refractivity contribution in [3.8, 4) is 0 Å². The number of amides is 1. The third kappa shape index (κ3) is 3.71. The lowest BCUT2D eigenvalue weighted by Gasteiger charge is -2.34. The molecule has 0 radical (unpaired) electrons. The van der Waals surface area contributed by atoms with Gasteiger partial charge < -0.3 is 10.2 Å². The van der Waals surface area contributed by atoms with Gasteiger partial charge in [0.25, 0.3) is 5.91 Å². The van der Waals surface area contributed by atoms with Crippen molar-refractivity contribution in [2.75, 3.05) is 19.6 Å². The molecule has 2 rings (SSSR count). The summed E-state index contributed by atoms with van der Waals surface area (Å²) in [6.07, 6.45) is 3.21. The maximum atomic E-state index is 12.6. The smallest absolute Gasteiger partial charge is 0.254 e. The Morgan fingerprint density at radius 1 is 1.42 bits per heavy atom. The second kappa shape index (κ2) is 6.92. The van der Waals surface area contributed by atoms with Crippen LogP contribution in [0.2, 0.25) is 5.02 Å². The molecule has 0 bridgehead atoms. The number of benzene rings is 1. The number of nitrogens with zero attached hydrogens (tertiary/aromatic N) is 1. The molecule has 1 fully saturated rings. The summed E-state index contributed by atoms with van der Waals surface area (Å²) in [5.74, 6) is 0.118. The summed E-state index contributed by atoms with van der Waals surface area (Å²) in [6, 6.07) is 7.49. The Balaban J connectivity index is 2.13. The van der Waals surface area contributed by atoms with E-state index in [2.05, 4.69) is 12.2 Å². The van der Waals surface area contributed by atoms with E-state index in [1.165, 1.54) is 0 Å².